The Labute approximate surface area is 209 Å². The lowest BCUT2D eigenvalue weighted by Crippen LogP contribution is -2.46. The molecule has 9 heteroatoms. The van der Waals surface area contributed by atoms with Gasteiger partial charge in [-0.1, -0.05) is 60.7 Å². The summed E-state index contributed by atoms with van der Waals surface area (Å²) >= 11 is 0. The lowest BCUT2D eigenvalue weighted by molar-refractivity contribution is -0.144. The number of benzene rings is 3. The van der Waals surface area contributed by atoms with Crippen LogP contribution in [0.15, 0.2) is 78.9 Å². The summed E-state index contributed by atoms with van der Waals surface area (Å²) < 4.78 is 79.4. The fraction of sp³-hybridized carbons (Fsp3) is 0.286. The maximum absolute atomic E-state index is 13.2. The number of hydrogen-bond donors (Lipinski definition) is 0. The van der Waals surface area contributed by atoms with Crippen LogP contribution in [-0.4, -0.2) is 29.7 Å². The van der Waals surface area contributed by atoms with Gasteiger partial charge >= 0.3 is 12.4 Å². The summed E-state index contributed by atoms with van der Waals surface area (Å²) in [6.45, 7) is 0.0623. The second kappa shape index (κ2) is 10.4. The van der Waals surface area contributed by atoms with Crippen molar-refractivity contribution in [1.29, 1.82) is 0 Å². The minimum Gasteiger partial charge on any atom is -0.341 e. The van der Waals surface area contributed by atoms with E-state index in [1.165, 1.54) is 4.90 Å². The lowest BCUT2D eigenvalue weighted by Gasteiger charge is -2.36. The smallest absolute Gasteiger partial charge is 0.341 e. The van der Waals surface area contributed by atoms with E-state index in [1.54, 1.807) is 0 Å². The number of alkyl halides is 6. The van der Waals surface area contributed by atoms with Crippen LogP contribution in [0.4, 0.5) is 26.3 Å². The molecule has 1 aliphatic rings. The van der Waals surface area contributed by atoms with Crippen LogP contribution in [0.5, 0.6) is 0 Å². The summed E-state index contributed by atoms with van der Waals surface area (Å²) in [5.41, 5.74) is -1.58. The molecule has 4 rings (SSSR count). The SMILES string of the molecule is O=C1CCN(C(=O)Cc2cc(C(F)(F)F)cc(C(F)(F)F)c2)CC1C(c1ccccc1)c1ccccc1. The zero-order valence-electron chi connectivity index (χ0n) is 19.5. The highest BCUT2D eigenvalue weighted by atomic mass is 19.4. The number of halogens is 6. The van der Waals surface area contributed by atoms with Gasteiger partial charge in [0, 0.05) is 31.3 Å². The molecule has 3 nitrogen and oxygen atoms in total. The largest absolute Gasteiger partial charge is 0.416 e. The number of rotatable bonds is 5. The van der Waals surface area contributed by atoms with E-state index in [4.69, 9.17) is 0 Å². The van der Waals surface area contributed by atoms with Gasteiger partial charge in [-0.25, -0.2) is 0 Å². The first-order chi connectivity index (χ1) is 17.4. The fourth-order valence-electron chi connectivity index (χ4n) is 4.76. The lowest BCUT2D eigenvalue weighted by atomic mass is 9.76. The minimum absolute atomic E-state index is 0.0111. The van der Waals surface area contributed by atoms with E-state index in [1.807, 2.05) is 60.7 Å². The van der Waals surface area contributed by atoms with E-state index in [9.17, 15) is 35.9 Å². The maximum Gasteiger partial charge on any atom is 0.416 e. The number of ketones is 1. The Morgan fingerprint density at radius 3 is 1.76 bits per heavy atom. The molecule has 0 aliphatic carbocycles. The standard InChI is InChI=1S/C28H23F6NO2/c29-27(30,31)21-13-18(14-22(16-21)28(32,33)34)15-25(37)35-12-11-24(36)23(17-35)26(19-7-3-1-4-8-19)20-9-5-2-6-10-20/h1-10,13-14,16,23,26H,11-12,15,17H2. The van der Waals surface area contributed by atoms with E-state index in [-0.39, 0.29) is 42.8 Å². The van der Waals surface area contributed by atoms with Gasteiger partial charge in [0.1, 0.15) is 5.78 Å². The number of carbonyl (C=O) groups excluding carboxylic acids is 2. The predicted octanol–water partition coefficient (Wildman–Crippen LogP) is 6.52. The Morgan fingerprint density at radius 2 is 1.30 bits per heavy atom. The maximum atomic E-state index is 13.2. The van der Waals surface area contributed by atoms with Gasteiger partial charge in [0.15, 0.2) is 0 Å². The Hall–Kier alpha value is -3.62. The molecular weight excluding hydrogens is 496 g/mol. The second-order valence-corrected chi connectivity index (χ2v) is 9.05. The average molecular weight is 519 g/mol. The fourth-order valence-corrected chi connectivity index (χ4v) is 4.76. The molecule has 1 saturated heterocycles. The van der Waals surface area contributed by atoms with Crippen molar-refractivity contribution >= 4 is 11.7 Å². The molecule has 0 radical (unpaired) electrons. The third-order valence-electron chi connectivity index (χ3n) is 6.53. The third kappa shape index (κ3) is 6.21. The molecule has 0 aromatic heterocycles. The van der Waals surface area contributed by atoms with E-state index in [0.717, 1.165) is 11.1 Å². The molecule has 1 aliphatic heterocycles. The van der Waals surface area contributed by atoms with Crippen LogP contribution in [-0.2, 0) is 28.4 Å². The number of likely N-dealkylation sites (tertiary alicyclic amines) is 1. The van der Waals surface area contributed by atoms with E-state index < -0.39 is 41.7 Å². The molecule has 1 atom stereocenters. The molecule has 0 N–H and O–H groups in total. The van der Waals surface area contributed by atoms with Crippen LogP contribution < -0.4 is 0 Å². The Bertz CT molecular complexity index is 1180. The summed E-state index contributed by atoms with van der Waals surface area (Å²) in [5.74, 6) is -1.67. The highest BCUT2D eigenvalue weighted by molar-refractivity contribution is 5.87. The molecule has 37 heavy (non-hydrogen) atoms. The number of Topliss-reactive ketones (excluding diaryl/α,β-unsaturated/α-hetero) is 1. The summed E-state index contributed by atoms with van der Waals surface area (Å²) in [6.07, 6.45) is -10.6. The van der Waals surface area contributed by atoms with E-state index >= 15 is 0 Å². The first kappa shape index (κ1) is 26.4. The van der Waals surface area contributed by atoms with Crippen molar-refractivity contribution in [2.75, 3.05) is 13.1 Å². The first-order valence-corrected chi connectivity index (χ1v) is 11.6. The van der Waals surface area contributed by atoms with Crippen molar-refractivity contribution in [2.45, 2.75) is 31.1 Å². The molecule has 0 bridgehead atoms. The molecule has 1 amide bonds. The van der Waals surface area contributed by atoms with Gasteiger partial charge in [0.2, 0.25) is 5.91 Å². The number of nitrogens with zero attached hydrogens (tertiary/aromatic N) is 1. The minimum atomic E-state index is -5.00. The Morgan fingerprint density at radius 1 is 0.811 bits per heavy atom. The highest BCUT2D eigenvalue weighted by Gasteiger charge is 2.39. The number of hydrogen-bond acceptors (Lipinski definition) is 2. The zero-order chi connectivity index (χ0) is 26.8. The molecule has 3 aromatic carbocycles. The monoisotopic (exact) mass is 519 g/mol. The molecule has 194 valence electrons. The van der Waals surface area contributed by atoms with Crippen LogP contribution >= 0.6 is 0 Å². The quantitative estimate of drug-likeness (QED) is 0.360. The summed E-state index contributed by atoms with van der Waals surface area (Å²) in [7, 11) is 0. The third-order valence-corrected chi connectivity index (χ3v) is 6.53. The molecule has 0 saturated carbocycles. The van der Waals surface area contributed by atoms with Gasteiger partial charge in [-0.15, -0.1) is 0 Å². The van der Waals surface area contributed by atoms with Crippen molar-refractivity contribution in [2.24, 2.45) is 5.92 Å². The van der Waals surface area contributed by atoms with Gasteiger partial charge in [0.05, 0.1) is 17.5 Å². The van der Waals surface area contributed by atoms with Gasteiger partial charge in [-0.2, -0.15) is 26.3 Å². The van der Waals surface area contributed by atoms with Gasteiger partial charge < -0.3 is 4.90 Å². The van der Waals surface area contributed by atoms with Gasteiger partial charge in [0.25, 0.3) is 0 Å². The summed E-state index contributed by atoms with van der Waals surface area (Å²) in [4.78, 5) is 27.5. The Kier molecular flexibility index (Phi) is 7.43. The van der Waals surface area contributed by atoms with Crippen molar-refractivity contribution in [3.8, 4) is 0 Å². The molecule has 3 aromatic rings. The van der Waals surface area contributed by atoms with Crippen LogP contribution in [0.3, 0.4) is 0 Å². The summed E-state index contributed by atoms with van der Waals surface area (Å²) in [6, 6.07) is 19.7. The number of piperidine rings is 1. The second-order valence-electron chi connectivity index (χ2n) is 9.05. The normalized spacial score (nSPS) is 16.8. The summed E-state index contributed by atoms with van der Waals surface area (Å²) in [5, 5.41) is 0. The van der Waals surface area contributed by atoms with Crippen LogP contribution in [0, 0.1) is 5.92 Å². The van der Waals surface area contributed by atoms with Crippen LogP contribution in [0.2, 0.25) is 0 Å². The molecule has 0 spiro atoms. The van der Waals surface area contributed by atoms with Gasteiger partial charge in [-0.05, 0) is 34.9 Å². The van der Waals surface area contributed by atoms with E-state index in [2.05, 4.69) is 0 Å². The van der Waals surface area contributed by atoms with Crippen molar-refractivity contribution < 1.29 is 35.9 Å². The van der Waals surface area contributed by atoms with Crippen LogP contribution in [0.1, 0.15) is 40.2 Å². The topological polar surface area (TPSA) is 37.4 Å². The molecule has 1 unspecified atom stereocenters. The first-order valence-electron chi connectivity index (χ1n) is 11.6. The van der Waals surface area contributed by atoms with Crippen molar-refractivity contribution in [1.82, 2.24) is 4.90 Å². The Balaban J connectivity index is 1.61. The van der Waals surface area contributed by atoms with Gasteiger partial charge in [-0.3, -0.25) is 9.59 Å². The molecule has 1 fully saturated rings. The van der Waals surface area contributed by atoms with Crippen molar-refractivity contribution in [3.05, 3.63) is 107 Å². The molecule has 1 heterocycles. The molecular formula is C28H23F6NO2. The highest BCUT2D eigenvalue weighted by Crippen LogP contribution is 2.38. The number of amides is 1. The van der Waals surface area contributed by atoms with E-state index in [0.29, 0.717) is 12.1 Å². The predicted molar refractivity (Wildman–Crippen MR) is 125 cm³/mol. The van der Waals surface area contributed by atoms with Crippen LogP contribution in [0.25, 0.3) is 0 Å². The van der Waals surface area contributed by atoms with Crippen molar-refractivity contribution in [3.63, 3.8) is 0 Å². The number of carbonyl (C=O) groups is 2. The zero-order valence-corrected chi connectivity index (χ0v) is 19.5. The average Bonchev–Trinajstić information content (AvgIpc) is 2.85.